The highest BCUT2D eigenvalue weighted by molar-refractivity contribution is 5.40. The molecule has 3 nitrogen and oxygen atoms in total. The van der Waals surface area contributed by atoms with E-state index in [1.807, 2.05) is 6.07 Å². The van der Waals surface area contributed by atoms with Gasteiger partial charge in [0.05, 0.1) is 5.69 Å². The van der Waals surface area contributed by atoms with Gasteiger partial charge >= 0.3 is 0 Å². The van der Waals surface area contributed by atoms with Gasteiger partial charge in [0.1, 0.15) is 5.82 Å². The first-order valence-corrected chi connectivity index (χ1v) is 7.28. The minimum Gasteiger partial charge on any atom is -0.356 e. The van der Waals surface area contributed by atoms with E-state index in [1.54, 1.807) is 0 Å². The zero-order valence-corrected chi connectivity index (χ0v) is 11.0. The van der Waals surface area contributed by atoms with Crippen molar-refractivity contribution >= 4 is 5.82 Å². The number of nitrogens with zero attached hydrogens (tertiary/aromatic N) is 2. The Balaban J connectivity index is 1.72. The molecule has 2 atom stereocenters. The predicted molar refractivity (Wildman–Crippen MR) is 74.4 cm³/mol. The highest BCUT2D eigenvalue weighted by atomic mass is 15.2. The van der Waals surface area contributed by atoms with Crippen LogP contribution in [0.25, 0.3) is 0 Å². The van der Waals surface area contributed by atoms with Crippen LogP contribution in [0.1, 0.15) is 37.8 Å². The largest absolute Gasteiger partial charge is 0.356 e. The average molecular weight is 245 g/mol. The van der Waals surface area contributed by atoms with E-state index in [9.17, 15) is 0 Å². The number of hydrogen-bond donors (Lipinski definition) is 1. The van der Waals surface area contributed by atoms with E-state index < -0.39 is 0 Å². The summed E-state index contributed by atoms with van der Waals surface area (Å²) < 4.78 is 0. The summed E-state index contributed by atoms with van der Waals surface area (Å²) in [5.41, 5.74) is 6.67. The molecule has 2 fully saturated rings. The van der Waals surface area contributed by atoms with Gasteiger partial charge in [-0.3, -0.25) is 0 Å². The van der Waals surface area contributed by atoms with Gasteiger partial charge in [0.25, 0.3) is 0 Å². The third kappa shape index (κ3) is 2.37. The van der Waals surface area contributed by atoms with Crippen LogP contribution in [0.15, 0.2) is 18.2 Å². The van der Waals surface area contributed by atoms with Crippen LogP contribution in [0.5, 0.6) is 0 Å². The second-order valence-corrected chi connectivity index (χ2v) is 5.73. The summed E-state index contributed by atoms with van der Waals surface area (Å²) in [5, 5.41) is 0. The summed E-state index contributed by atoms with van der Waals surface area (Å²) >= 11 is 0. The quantitative estimate of drug-likeness (QED) is 0.870. The number of pyridine rings is 1. The Morgan fingerprint density at radius 2 is 2.00 bits per heavy atom. The molecule has 0 amide bonds. The van der Waals surface area contributed by atoms with Gasteiger partial charge in [0.2, 0.25) is 0 Å². The van der Waals surface area contributed by atoms with Crippen LogP contribution in [0.2, 0.25) is 0 Å². The summed E-state index contributed by atoms with van der Waals surface area (Å²) in [6.07, 6.45) is 7.08. The zero-order chi connectivity index (χ0) is 12.4. The van der Waals surface area contributed by atoms with Gasteiger partial charge in [-0.05, 0) is 36.8 Å². The summed E-state index contributed by atoms with van der Waals surface area (Å²) in [5.74, 6) is 3.01. The van der Waals surface area contributed by atoms with Crippen LogP contribution in [0.3, 0.4) is 0 Å². The summed E-state index contributed by atoms with van der Waals surface area (Å²) in [7, 11) is 0. The Labute approximate surface area is 109 Å². The lowest BCUT2D eigenvalue weighted by molar-refractivity contribution is 0.202. The van der Waals surface area contributed by atoms with Crippen molar-refractivity contribution in [3.05, 3.63) is 23.9 Å². The smallest absolute Gasteiger partial charge is 0.128 e. The Morgan fingerprint density at radius 1 is 1.17 bits per heavy atom. The van der Waals surface area contributed by atoms with Crippen LogP contribution in [0.4, 0.5) is 5.82 Å². The van der Waals surface area contributed by atoms with Crippen molar-refractivity contribution in [2.75, 3.05) is 18.0 Å². The lowest BCUT2D eigenvalue weighted by atomic mass is 9.75. The van der Waals surface area contributed by atoms with Crippen LogP contribution >= 0.6 is 0 Å². The molecule has 2 heterocycles. The maximum atomic E-state index is 5.67. The average Bonchev–Trinajstić information content (AvgIpc) is 2.47. The number of piperidine rings is 1. The van der Waals surface area contributed by atoms with E-state index in [0.717, 1.165) is 23.3 Å². The number of aromatic nitrogens is 1. The molecule has 0 spiro atoms. The fraction of sp³-hybridized carbons (Fsp3) is 0.667. The topological polar surface area (TPSA) is 42.1 Å². The highest BCUT2D eigenvalue weighted by Crippen LogP contribution is 2.37. The molecule has 98 valence electrons. The molecule has 2 N–H and O–H groups in total. The lowest BCUT2D eigenvalue weighted by Crippen LogP contribution is -2.42. The van der Waals surface area contributed by atoms with Crippen LogP contribution in [-0.2, 0) is 6.54 Å². The molecular weight excluding hydrogens is 222 g/mol. The second-order valence-electron chi connectivity index (χ2n) is 5.73. The minimum atomic E-state index is 0.535. The molecule has 0 radical (unpaired) electrons. The molecule has 18 heavy (non-hydrogen) atoms. The normalized spacial score (nSPS) is 27.9. The Kier molecular flexibility index (Phi) is 3.50. The number of fused-ring (bicyclic) bond motifs is 1. The SMILES string of the molecule is NCc1cccc(N2CCC3CCCCC3C2)n1. The first-order chi connectivity index (χ1) is 8.86. The van der Waals surface area contributed by atoms with E-state index in [2.05, 4.69) is 22.0 Å². The third-order valence-electron chi connectivity index (χ3n) is 4.62. The van der Waals surface area contributed by atoms with Gasteiger partial charge < -0.3 is 10.6 Å². The minimum absolute atomic E-state index is 0.535. The summed E-state index contributed by atoms with van der Waals surface area (Å²) in [6.45, 7) is 2.90. The molecule has 3 heteroatoms. The van der Waals surface area contributed by atoms with Crippen LogP contribution in [0, 0.1) is 11.8 Å². The molecule has 1 aliphatic carbocycles. The van der Waals surface area contributed by atoms with Gasteiger partial charge in [0.15, 0.2) is 0 Å². The van der Waals surface area contributed by atoms with Crippen LogP contribution in [-0.4, -0.2) is 18.1 Å². The Morgan fingerprint density at radius 3 is 2.83 bits per heavy atom. The molecule has 0 aromatic carbocycles. The molecule has 1 saturated carbocycles. The van der Waals surface area contributed by atoms with E-state index in [-0.39, 0.29) is 0 Å². The fourth-order valence-corrected chi connectivity index (χ4v) is 3.57. The summed E-state index contributed by atoms with van der Waals surface area (Å²) in [6, 6.07) is 6.22. The Hall–Kier alpha value is -1.09. The van der Waals surface area contributed by atoms with Crippen molar-refractivity contribution in [2.24, 2.45) is 17.6 Å². The highest BCUT2D eigenvalue weighted by Gasteiger charge is 2.31. The molecule has 1 aromatic heterocycles. The number of anilines is 1. The maximum Gasteiger partial charge on any atom is 0.128 e. The predicted octanol–water partition coefficient (Wildman–Crippen LogP) is 2.56. The van der Waals surface area contributed by atoms with Crippen molar-refractivity contribution in [3.63, 3.8) is 0 Å². The maximum absolute atomic E-state index is 5.67. The standard InChI is InChI=1S/C15H23N3/c16-10-14-6-3-7-15(17-14)18-9-8-12-4-1-2-5-13(12)11-18/h3,6-7,12-13H,1-2,4-5,8-11,16H2. The number of nitrogens with two attached hydrogens (primary N) is 1. The van der Waals surface area contributed by atoms with E-state index in [4.69, 9.17) is 5.73 Å². The van der Waals surface area contributed by atoms with Crippen molar-refractivity contribution in [3.8, 4) is 0 Å². The molecular formula is C15H23N3. The van der Waals surface area contributed by atoms with E-state index >= 15 is 0 Å². The van der Waals surface area contributed by atoms with E-state index in [1.165, 1.54) is 45.2 Å². The lowest BCUT2D eigenvalue weighted by Gasteiger charge is -2.41. The van der Waals surface area contributed by atoms with Gasteiger partial charge in [0, 0.05) is 19.6 Å². The molecule has 3 rings (SSSR count). The van der Waals surface area contributed by atoms with Crippen molar-refractivity contribution in [1.29, 1.82) is 0 Å². The van der Waals surface area contributed by atoms with Gasteiger partial charge in [-0.15, -0.1) is 0 Å². The molecule has 0 bridgehead atoms. The Bertz CT molecular complexity index is 404. The molecule has 2 aliphatic rings. The first kappa shape index (κ1) is 12.0. The molecule has 1 aliphatic heterocycles. The molecule has 1 saturated heterocycles. The molecule has 2 unspecified atom stereocenters. The fourth-order valence-electron chi connectivity index (χ4n) is 3.57. The van der Waals surface area contributed by atoms with Crippen molar-refractivity contribution in [1.82, 2.24) is 4.98 Å². The molecule has 1 aromatic rings. The van der Waals surface area contributed by atoms with Gasteiger partial charge in [-0.25, -0.2) is 4.98 Å². The van der Waals surface area contributed by atoms with Gasteiger partial charge in [-0.1, -0.05) is 25.3 Å². The second kappa shape index (κ2) is 5.27. The summed E-state index contributed by atoms with van der Waals surface area (Å²) in [4.78, 5) is 7.12. The first-order valence-electron chi connectivity index (χ1n) is 7.28. The zero-order valence-electron chi connectivity index (χ0n) is 11.0. The van der Waals surface area contributed by atoms with Crippen molar-refractivity contribution in [2.45, 2.75) is 38.6 Å². The van der Waals surface area contributed by atoms with E-state index in [0.29, 0.717) is 6.54 Å². The van der Waals surface area contributed by atoms with Crippen LogP contribution < -0.4 is 10.6 Å². The number of rotatable bonds is 2. The van der Waals surface area contributed by atoms with Gasteiger partial charge in [-0.2, -0.15) is 0 Å². The van der Waals surface area contributed by atoms with Crippen molar-refractivity contribution < 1.29 is 0 Å². The monoisotopic (exact) mass is 245 g/mol. The number of hydrogen-bond acceptors (Lipinski definition) is 3. The third-order valence-corrected chi connectivity index (χ3v) is 4.62.